The second-order valence-electron chi connectivity index (χ2n) is 5.15. The lowest BCUT2D eigenvalue weighted by Gasteiger charge is -2.09. The molecule has 2 aromatic heterocycles. The summed E-state index contributed by atoms with van der Waals surface area (Å²) >= 11 is 5.86. The SMILES string of the molecule is Cc1noc(-c2cccnc2NCCOCc2ccc(Cl)cc2)n1. The van der Waals surface area contributed by atoms with E-state index in [-0.39, 0.29) is 0 Å². The second-order valence-corrected chi connectivity index (χ2v) is 5.59. The number of hydrogen-bond acceptors (Lipinski definition) is 6. The Hall–Kier alpha value is -2.44. The number of anilines is 1. The molecule has 7 heteroatoms. The predicted molar refractivity (Wildman–Crippen MR) is 91.9 cm³/mol. The van der Waals surface area contributed by atoms with Crippen molar-refractivity contribution in [2.45, 2.75) is 13.5 Å². The average molecular weight is 345 g/mol. The van der Waals surface area contributed by atoms with Gasteiger partial charge in [0.05, 0.1) is 18.8 Å². The molecule has 3 aromatic rings. The highest BCUT2D eigenvalue weighted by molar-refractivity contribution is 6.30. The standard InChI is InChI=1S/C17H17ClN4O2/c1-12-21-17(24-22-12)15-3-2-8-19-16(15)20-9-10-23-11-13-4-6-14(18)7-5-13/h2-8H,9-11H2,1H3,(H,19,20). The van der Waals surface area contributed by atoms with Gasteiger partial charge in [-0.25, -0.2) is 4.98 Å². The summed E-state index contributed by atoms with van der Waals surface area (Å²) in [5, 5.41) is 7.76. The number of aryl methyl sites for hydroxylation is 1. The first-order valence-corrected chi connectivity index (χ1v) is 7.92. The Morgan fingerprint density at radius 1 is 1.21 bits per heavy atom. The maximum Gasteiger partial charge on any atom is 0.261 e. The van der Waals surface area contributed by atoms with Crippen LogP contribution in [-0.4, -0.2) is 28.3 Å². The Balaban J connectivity index is 1.51. The van der Waals surface area contributed by atoms with E-state index in [1.807, 2.05) is 36.4 Å². The first kappa shape index (κ1) is 16.4. The normalized spacial score (nSPS) is 10.8. The lowest BCUT2D eigenvalue weighted by Crippen LogP contribution is -2.11. The van der Waals surface area contributed by atoms with Crippen molar-refractivity contribution in [3.05, 3.63) is 59.0 Å². The molecule has 124 valence electrons. The van der Waals surface area contributed by atoms with E-state index < -0.39 is 0 Å². The van der Waals surface area contributed by atoms with Crippen molar-refractivity contribution >= 4 is 17.4 Å². The van der Waals surface area contributed by atoms with Crippen molar-refractivity contribution in [1.29, 1.82) is 0 Å². The number of aromatic nitrogens is 3. The molecular weight excluding hydrogens is 328 g/mol. The Morgan fingerprint density at radius 2 is 2.04 bits per heavy atom. The maximum atomic E-state index is 5.86. The third-order valence-corrected chi connectivity index (χ3v) is 3.54. The Labute approximate surface area is 144 Å². The number of nitrogens with zero attached hydrogens (tertiary/aromatic N) is 3. The number of ether oxygens (including phenoxy) is 1. The molecule has 0 spiro atoms. The molecule has 0 bridgehead atoms. The van der Waals surface area contributed by atoms with Crippen LogP contribution in [0.15, 0.2) is 47.1 Å². The van der Waals surface area contributed by atoms with Crippen LogP contribution in [0.3, 0.4) is 0 Å². The van der Waals surface area contributed by atoms with Crippen LogP contribution in [0.25, 0.3) is 11.5 Å². The molecular formula is C17H17ClN4O2. The molecule has 0 saturated carbocycles. The summed E-state index contributed by atoms with van der Waals surface area (Å²) in [5.74, 6) is 1.73. The summed E-state index contributed by atoms with van der Waals surface area (Å²) in [5.41, 5.74) is 1.86. The molecule has 0 unspecified atom stereocenters. The molecule has 6 nitrogen and oxygen atoms in total. The zero-order chi connectivity index (χ0) is 16.8. The summed E-state index contributed by atoms with van der Waals surface area (Å²) in [7, 11) is 0. The van der Waals surface area contributed by atoms with E-state index in [2.05, 4.69) is 20.4 Å². The van der Waals surface area contributed by atoms with Crippen LogP contribution in [-0.2, 0) is 11.3 Å². The molecule has 2 heterocycles. The average Bonchev–Trinajstić information content (AvgIpc) is 3.03. The van der Waals surface area contributed by atoms with Crippen LogP contribution in [0.4, 0.5) is 5.82 Å². The highest BCUT2D eigenvalue weighted by atomic mass is 35.5. The number of hydrogen-bond donors (Lipinski definition) is 1. The van der Waals surface area contributed by atoms with Crippen LogP contribution in [0.1, 0.15) is 11.4 Å². The van der Waals surface area contributed by atoms with Gasteiger partial charge in [-0.1, -0.05) is 28.9 Å². The Morgan fingerprint density at radius 3 is 2.79 bits per heavy atom. The van der Waals surface area contributed by atoms with E-state index >= 15 is 0 Å². The van der Waals surface area contributed by atoms with Gasteiger partial charge in [0.15, 0.2) is 5.82 Å². The molecule has 0 radical (unpaired) electrons. The fourth-order valence-electron chi connectivity index (χ4n) is 2.14. The van der Waals surface area contributed by atoms with Crippen molar-refractivity contribution in [3.8, 4) is 11.5 Å². The monoisotopic (exact) mass is 344 g/mol. The number of rotatable bonds is 7. The topological polar surface area (TPSA) is 73.1 Å². The van der Waals surface area contributed by atoms with E-state index in [9.17, 15) is 0 Å². The molecule has 0 amide bonds. The number of benzene rings is 1. The lowest BCUT2D eigenvalue weighted by molar-refractivity contribution is 0.130. The van der Waals surface area contributed by atoms with Gasteiger partial charge < -0.3 is 14.6 Å². The van der Waals surface area contributed by atoms with Gasteiger partial charge in [-0.05, 0) is 36.8 Å². The minimum Gasteiger partial charge on any atom is -0.375 e. The lowest BCUT2D eigenvalue weighted by atomic mass is 10.2. The Bertz CT molecular complexity index is 789. The third kappa shape index (κ3) is 4.31. The zero-order valence-electron chi connectivity index (χ0n) is 13.2. The highest BCUT2D eigenvalue weighted by Crippen LogP contribution is 2.23. The number of halogens is 1. The van der Waals surface area contributed by atoms with Crippen LogP contribution in [0.2, 0.25) is 5.02 Å². The highest BCUT2D eigenvalue weighted by Gasteiger charge is 2.11. The van der Waals surface area contributed by atoms with E-state index in [0.29, 0.717) is 37.3 Å². The summed E-state index contributed by atoms with van der Waals surface area (Å²) in [6.07, 6.45) is 1.71. The smallest absolute Gasteiger partial charge is 0.261 e. The van der Waals surface area contributed by atoms with Crippen LogP contribution >= 0.6 is 11.6 Å². The molecule has 0 fully saturated rings. The van der Waals surface area contributed by atoms with Crippen molar-refractivity contribution < 1.29 is 9.26 Å². The fourth-order valence-corrected chi connectivity index (χ4v) is 2.26. The second kappa shape index (κ2) is 7.90. The number of pyridine rings is 1. The van der Waals surface area contributed by atoms with E-state index in [1.165, 1.54) is 0 Å². The summed E-state index contributed by atoms with van der Waals surface area (Å²) in [4.78, 5) is 8.55. The van der Waals surface area contributed by atoms with Gasteiger partial charge >= 0.3 is 0 Å². The van der Waals surface area contributed by atoms with Gasteiger partial charge in [0.2, 0.25) is 0 Å². The number of nitrogens with one attached hydrogen (secondary N) is 1. The van der Waals surface area contributed by atoms with Gasteiger partial charge in [-0.3, -0.25) is 0 Å². The van der Waals surface area contributed by atoms with Gasteiger partial charge in [0.1, 0.15) is 5.82 Å². The minimum atomic E-state index is 0.449. The molecule has 0 aliphatic heterocycles. The van der Waals surface area contributed by atoms with Gasteiger partial charge in [0, 0.05) is 17.8 Å². The van der Waals surface area contributed by atoms with Crippen molar-refractivity contribution in [2.75, 3.05) is 18.5 Å². The molecule has 0 aliphatic rings. The Kier molecular flexibility index (Phi) is 5.40. The zero-order valence-corrected chi connectivity index (χ0v) is 14.0. The molecule has 1 N–H and O–H groups in total. The van der Waals surface area contributed by atoms with Gasteiger partial charge in [0.25, 0.3) is 5.89 Å². The maximum absolute atomic E-state index is 5.86. The quantitative estimate of drug-likeness (QED) is 0.658. The minimum absolute atomic E-state index is 0.449. The molecule has 0 atom stereocenters. The van der Waals surface area contributed by atoms with Gasteiger partial charge in [-0.15, -0.1) is 0 Å². The largest absolute Gasteiger partial charge is 0.375 e. The molecule has 3 rings (SSSR count). The summed E-state index contributed by atoms with van der Waals surface area (Å²) in [6.45, 7) is 3.48. The summed E-state index contributed by atoms with van der Waals surface area (Å²) in [6, 6.07) is 11.3. The van der Waals surface area contributed by atoms with E-state index in [4.69, 9.17) is 20.9 Å². The summed E-state index contributed by atoms with van der Waals surface area (Å²) < 4.78 is 10.8. The predicted octanol–water partition coefficient (Wildman–Crippen LogP) is 3.72. The van der Waals surface area contributed by atoms with Gasteiger partial charge in [-0.2, -0.15) is 4.98 Å². The van der Waals surface area contributed by atoms with E-state index in [0.717, 1.165) is 16.1 Å². The van der Waals surface area contributed by atoms with Crippen molar-refractivity contribution in [3.63, 3.8) is 0 Å². The van der Waals surface area contributed by atoms with Crippen molar-refractivity contribution in [2.24, 2.45) is 0 Å². The first-order chi connectivity index (χ1) is 11.7. The molecule has 0 aliphatic carbocycles. The van der Waals surface area contributed by atoms with Crippen molar-refractivity contribution in [1.82, 2.24) is 15.1 Å². The molecule has 24 heavy (non-hydrogen) atoms. The van der Waals surface area contributed by atoms with Crippen LogP contribution in [0, 0.1) is 6.92 Å². The fraction of sp³-hybridized carbons (Fsp3) is 0.235. The molecule has 0 saturated heterocycles. The van der Waals surface area contributed by atoms with Crippen LogP contribution in [0.5, 0.6) is 0 Å². The first-order valence-electron chi connectivity index (χ1n) is 7.54. The van der Waals surface area contributed by atoms with Crippen LogP contribution < -0.4 is 5.32 Å². The molecule has 1 aromatic carbocycles. The van der Waals surface area contributed by atoms with E-state index in [1.54, 1.807) is 13.1 Å². The third-order valence-electron chi connectivity index (χ3n) is 3.29.